The second kappa shape index (κ2) is 9.09. The summed E-state index contributed by atoms with van der Waals surface area (Å²) in [6, 6.07) is 18.5. The third-order valence-corrected chi connectivity index (χ3v) is 4.92. The fourth-order valence-electron chi connectivity index (χ4n) is 2.54. The molecule has 0 aromatic heterocycles. The van der Waals surface area contributed by atoms with E-state index in [0.717, 1.165) is 28.3 Å². The Morgan fingerprint density at radius 3 is 2.17 bits per heavy atom. The van der Waals surface area contributed by atoms with Crippen molar-refractivity contribution in [1.29, 1.82) is 0 Å². The fourth-order valence-corrected chi connectivity index (χ4v) is 3.18. The molecule has 6 heteroatoms. The summed E-state index contributed by atoms with van der Waals surface area (Å²) < 4.78 is 51.6. The van der Waals surface area contributed by atoms with Crippen LogP contribution in [0.25, 0.3) is 0 Å². The van der Waals surface area contributed by atoms with Crippen molar-refractivity contribution >= 4 is 23.2 Å². The molecule has 3 rings (SSSR count). The minimum Gasteiger partial charge on any atom is -0.248 e. The highest BCUT2D eigenvalue weighted by Crippen LogP contribution is 2.30. The highest BCUT2D eigenvalue weighted by Gasteiger charge is 2.30. The van der Waals surface area contributed by atoms with E-state index in [9.17, 15) is 17.6 Å². The lowest BCUT2D eigenvalue weighted by Gasteiger charge is -2.09. The molecule has 0 saturated carbocycles. The van der Waals surface area contributed by atoms with Crippen LogP contribution >= 0.6 is 11.8 Å². The minimum absolute atomic E-state index is 0.315. The Balaban J connectivity index is 1.92. The van der Waals surface area contributed by atoms with Gasteiger partial charge < -0.3 is 0 Å². The number of hydrogen-bond donors (Lipinski definition) is 0. The van der Waals surface area contributed by atoms with Crippen LogP contribution in [0.5, 0.6) is 0 Å². The molecule has 29 heavy (non-hydrogen) atoms. The van der Waals surface area contributed by atoms with E-state index in [2.05, 4.69) is 4.99 Å². The van der Waals surface area contributed by atoms with E-state index in [1.807, 2.05) is 31.2 Å². The minimum atomic E-state index is -4.39. The van der Waals surface area contributed by atoms with E-state index in [-0.39, 0.29) is 5.82 Å². The molecule has 0 aliphatic rings. The molecule has 0 saturated heterocycles. The highest BCUT2D eigenvalue weighted by molar-refractivity contribution is 8.02. The molecule has 0 aliphatic heterocycles. The zero-order valence-electron chi connectivity index (χ0n) is 15.5. The van der Waals surface area contributed by atoms with E-state index >= 15 is 0 Å². The van der Waals surface area contributed by atoms with Crippen molar-refractivity contribution in [2.75, 3.05) is 0 Å². The smallest absolute Gasteiger partial charge is 0.248 e. The van der Waals surface area contributed by atoms with Gasteiger partial charge in [0.1, 0.15) is 5.82 Å². The van der Waals surface area contributed by atoms with E-state index in [0.29, 0.717) is 11.3 Å². The van der Waals surface area contributed by atoms with E-state index in [1.54, 1.807) is 23.6 Å². The van der Waals surface area contributed by atoms with E-state index in [1.165, 1.54) is 36.0 Å². The Morgan fingerprint density at radius 2 is 1.55 bits per heavy atom. The van der Waals surface area contributed by atoms with Crippen LogP contribution in [0.1, 0.15) is 16.7 Å². The van der Waals surface area contributed by atoms with Gasteiger partial charge >= 0.3 is 6.18 Å². The van der Waals surface area contributed by atoms with Crippen LogP contribution < -0.4 is 0 Å². The molecule has 0 radical (unpaired) electrons. The van der Waals surface area contributed by atoms with Crippen LogP contribution in [-0.4, -0.2) is 5.71 Å². The molecule has 3 aromatic rings. The summed E-state index contributed by atoms with van der Waals surface area (Å²) in [5.41, 5.74) is 2.08. The molecular weight excluding hydrogens is 398 g/mol. The van der Waals surface area contributed by atoms with Gasteiger partial charge in [-0.05, 0) is 66.4 Å². The first-order chi connectivity index (χ1) is 13.8. The first-order valence-corrected chi connectivity index (χ1v) is 9.61. The SMILES string of the molecule is Cc1ccccc1N=C(/C=C/Sc1ccc(F)cc1)c1ccc(C(F)(F)F)cc1. The Morgan fingerprint density at radius 1 is 0.897 bits per heavy atom. The Hall–Kier alpha value is -2.86. The standard InChI is InChI=1S/C23H17F4NS/c1-16-4-2-3-5-21(16)28-22(14-15-29-20-12-10-19(24)11-13-20)17-6-8-18(9-7-17)23(25,26)27/h2-15H,1H3/b15-14+,28-22?. The number of rotatable bonds is 5. The first-order valence-electron chi connectivity index (χ1n) is 8.74. The third-order valence-electron chi connectivity index (χ3n) is 4.11. The summed E-state index contributed by atoms with van der Waals surface area (Å²) in [6.45, 7) is 1.92. The molecule has 0 atom stereocenters. The predicted molar refractivity (Wildman–Crippen MR) is 110 cm³/mol. The number of aryl methyl sites for hydroxylation is 1. The van der Waals surface area contributed by atoms with Gasteiger partial charge in [-0.1, -0.05) is 42.1 Å². The van der Waals surface area contributed by atoms with Gasteiger partial charge in [0.15, 0.2) is 0 Å². The van der Waals surface area contributed by atoms with Crippen LogP contribution in [0.3, 0.4) is 0 Å². The van der Waals surface area contributed by atoms with Crippen molar-refractivity contribution in [3.63, 3.8) is 0 Å². The number of halogens is 4. The molecule has 3 aromatic carbocycles. The van der Waals surface area contributed by atoms with Gasteiger partial charge in [0.25, 0.3) is 0 Å². The molecule has 0 bridgehead atoms. The molecule has 0 heterocycles. The monoisotopic (exact) mass is 415 g/mol. The van der Waals surface area contributed by atoms with Gasteiger partial charge in [-0.2, -0.15) is 13.2 Å². The lowest BCUT2D eigenvalue weighted by atomic mass is 10.1. The molecule has 1 nitrogen and oxygen atoms in total. The zero-order valence-corrected chi connectivity index (χ0v) is 16.3. The molecule has 0 aliphatic carbocycles. The van der Waals surface area contributed by atoms with Crippen LogP contribution in [0.2, 0.25) is 0 Å². The molecule has 0 N–H and O–H groups in total. The quantitative estimate of drug-likeness (QED) is 0.238. The summed E-state index contributed by atoms with van der Waals surface area (Å²) in [4.78, 5) is 5.48. The Bertz CT molecular complexity index is 1020. The van der Waals surface area contributed by atoms with Gasteiger partial charge in [-0.15, -0.1) is 0 Å². The maximum atomic E-state index is 13.0. The lowest BCUT2D eigenvalue weighted by Crippen LogP contribution is -2.05. The number of alkyl halides is 3. The van der Waals surface area contributed by atoms with Crippen molar-refractivity contribution in [2.45, 2.75) is 18.0 Å². The summed E-state index contributed by atoms with van der Waals surface area (Å²) >= 11 is 1.37. The van der Waals surface area contributed by atoms with Gasteiger partial charge in [0.2, 0.25) is 0 Å². The molecule has 0 amide bonds. The molecule has 148 valence electrons. The van der Waals surface area contributed by atoms with Crippen molar-refractivity contribution in [2.24, 2.45) is 4.99 Å². The number of benzene rings is 3. The fraction of sp³-hybridized carbons (Fsp3) is 0.0870. The number of para-hydroxylation sites is 1. The normalized spacial score (nSPS) is 12.5. The maximum absolute atomic E-state index is 13.0. The number of aliphatic imine (C=N–C) groups is 1. The first kappa shape index (κ1) is 20.9. The molecule has 0 spiro atoms. The second-order valence-electron chi connectivity index (χ2n) is 6.23. The van der Waals surface area contributed by atoms with Crippen molar-refractivity contribution in [1.82, 2.24) is 0 Å². The molecular formula is C23H17F4NS. The summed E-state index contributed by atoms with van der Waals surface area (Å²) in [5.74, 6) is -0.315. The van der Waals surface area contributed by atoms with Gasteiger partial charge in [-0.3, -0.25) is 0 Å². The summed E-state index contributed by atoms with van der Waals surface area (Å²) in [7, 11) is 0. The number of allylic oxidation sites excluding steroid dienone is 1. The zero-order chi connectivity index (χ0) is 20.9. The average Bonchev–Trinajstić information content (AvgIpc) is 2.70. The Labute approximate surface area is 170 Å². The molecule has 0 unspecified atom stereocenters. The number of hydrogen-bond acceptors (Lipinski definition) is 2. The largest absolute Gasteiger partial charge is 0.416 e. The van der Waals surface area contributed by atoms with Crippen LogP contribution in [-0.2, 0) is 6.18 Å². The van der Waals surface area contributed by atoms with Crippen molar-refractivity contribution in [3.8, 4) is 0 Å². The van der Waals surface area contributed by atoms with Crippen molar-refractivity contribution < 1.29 is 17.6 Å². The number of nitrogens with zero attached hydrogens (tertiary/aromatic N) is 1. The van der Waals surface area contributed by atoms with Gasteiger partial charge in [0, 0.05) is 10.5 Å². The van der Waals surface area contributed by atoms with Crippen LogP contribution in [0, 0.1) is 12.7 Å². The van der Waals surface area contributed by atoms with E-state index in [4.69, 9.17) is 0 Å². The second-order valence-corrected chi connectivity index (χ2v) is 7.21. The Kier molecular flexibility index (Phi) is 6.54. The summed E-state index contributed by atoms with van der Waals surface area (Å²) in [5, 5.41) is 1.78. The van der Waals surface area contributed by atoms with Crippen LogP contribution in [0.15, 0.2) is 94.2 Å². The topological polar surface area (TPSA) is 12.4 Å². The number of thioether (sulfide) groups is 1. The van der Waals surface area contributed by atoms with E-state index < -0.39 is 11.7 Å². The van der Waals surface area contributed by atoms with Gasteiger partial charge in [-0.25, -0.2) is 9.38 Å². The van der Waals surface area contributed by atoms with Crippen LogP contribution in [0.4, 0.5) is 23.2 Å². The summed E-state index contributed by atoms with van der Waals surface area (Å²) in [6.07, 6.45) is -2.65. The highest BCUT2D eigenvalue weighted by atomic mass is 32.2. The third kappa shape index (κ3) is 5.81. The maximum Gasteiger partial charge on any atom is 0.416 e. The lowest BCUT2D eigenvalue weighted by molar-refractivity contribution is -0.137. The van der Waals surface area contributed by atoms with Gasteiger partial charge in [0.05, 0.1) is 17.0 Å². The average molecular weight is 415 g/mol. The predicted octanol–water partition coefficient (Wildman–Crippen LogP) is 7.58. The molecule has 0 fully saturated rings. The van der Waals surface area contributed by atoms with Crippen molar-refractivity contribution in [3.05, 3.63) is 107 Å².